The quantitative estimate of drug-likeness (QED) is 0.794. The van der Waals surface area contributed by atoms with Gasteiger partial charge in [0.15, 0.2) is 0 Å². The Labute approximate surface area is 102 Å². The molecule has 0 saturated carbocycles. The van der Waals surface area contributed by atoms with Gasteiger partial charge < -0.3 is 9.84 Å². The Morgan fingerprint density at radius 3 is 2.81 bits per heavy atom. The predicted octanol–water partition coefficient (Wildman–Crippen LogP) is 2.63. The second-order valence-corrected chi connectivity index (χ2v) is 4.79. The van der Waals surface area contributed by atoms with Gasteiger partial charge in [-0.1, -0.05) is 24.3 Å². The fourth-order valence-corrected chi connectivity index (χ4v) is 2.41. The molecule has 0 aliphatic heterocycles. The minimum Gasteiger partial charge on any atom is -0.390 e. The van der Waals surface area contributed by atoms with Gasteiger partial charge >= 0.3 is 0 Å². The molecular weight excluding hydrogens is 220 g/mol. The number of rotatable bonds is 7. The van der Waals surface area contributed by atoms with Crippen LogP contribution in [0.3, 0.4) is 0 Å². The first-order valence-corrected chi connectivity index (χ1v) is 6.77. The summed E-state index contributed by atoms with van der Waals surface area (Å²) in [5.41, 5.74) is 2.66. The van der Waals surface area contributed by atoms with Crippen molar-refractivity contribution < 1.29 is 9.84 Å². The average Bonchev–Trinajstić information content (AvgIpc) is 2.29. The Morgan fingerprint density at radius 1 is 1.38 bits per heavy atom. The number of thioether (sulfide) groups is 1. The molecule has 0 bridgehead atoms. The maximum absolute atomic E-state index is 9.58. The molecule has 0 spiro atoms. The Bertz CT molecular complexity index is 302. The normalized spacial score (nSPS) is 12.7. The monoisotopic (exact) mass is 240 g/mol. The van der Waals surface area contributed by atoms with Crippen molar-refractivity contribution in [1.29, 1.82) is 0 Å². The molecule has 0 fully saturated rings. The zero-order valence-corrected chi connectivity index (χ0v) is 10.8. The SMILES string of the molecule is CCOCC(O)CSCc1ccccc1C. The van der Waals surface area contributed by atoms with E-state index in [1.54, 1.807) is 11.8 Å². The van der Waals surface area contributed by atoms with Crippen molar-refractivity contribution in [3.05, 3.63) is 35.4 Å². The average molecular weight is 240 g/mol. The Kier molecular flexibility index (Phi) is 6.53. The lowest BCUT2D eigenvalue weighted by Gasteiger charge is -2.10. The van der Waals surface area contributed by atoms with E-state index in [4.69, 9.17) is 4.74 Å². The fraction of sp³-hybridized carbons (Fsp3) is 0.538. The van der Waals surface area contributed by atoms with Crippen LogP contribution in [0.25, 0.3) is 0 Å². The van der Waals surface area contributed by atoms with E-state index in [2.05, 4.69) is 25.1 Å². The summed E-state index contributed by atoms with van der Waals surface area (Å²) in [5.74, 6) is 1.68. The van der Waals surface area contributed by atoms with Crippen LogP contribution in [-0.4, -0.2) is 30.2 Å². The van der Waals surface area contributed by atoms with Gasteiger partial charge in [0.2, 0.25) is 0 Å². The molecule has 16 heavy (non-hydrogen) atoms. The van der Waals surface area contributed by atoms with Crippen LogP contribution < -0.4 is 0 Å². The summed E-state index contributed by atoms with van der Waals surface area (Å²) in [7, 11) is 0. The topological polar surface area (TPSA) is 29.5 Å². The molecule has 0 aliphatic carbocycles. The molecule has 0 radical (unpaired) electrons. The molecule has 0 heterocycles. The van der Waals surface area contributed by atoms with Crippen molar-refractivity contribution in [3.8, 4) is 0 Å². The van der Waals surface area contributed by atoms with Crippen LogP contribution in [0.4, 0.5) is 0 Å². The zero-order chi connectivity index (χ0) is 11.8. The summed E-state index contributed by atoms with van der Waals surface area (Å²) in [6.45, 7) is 5.16. The first-order chi connectivity index (χ1) is 7.74. The molecule has 1 aromatic carbocycles. The van der Waals surface area contributed by atoms with Crippen LogP contribution in [0, 0.1) is 6.92 Å². The van der Waals surface area contributed by atoms with E-state index in [9.17, 15) is 5.11 Å². The molecule has 0 aliphatic rings. The highest BCUT2D eigenvalue weighted by Gasteiger charge is 2.04. The van der Waals surface area contributed by atoms with Gasteiger partial charge in [0.25, 0.3) is 0 Å². The summed E-state index contributed by atoms with van der Waals surface area (Å²) in [6.07, 6.45) is -0.353. The molecule has 0 aromatic heterocycles. The predicted molar refractivity (Wildman–Crippen MR) is 69.8 cm³/mol. The van der Waals surface area contributed by atoms with Crippen LogP contribution >= 0.6 is 11.8 Å². The number of aryl methyl sites for hydroxylation is 1. The Morgan fingerprint density at radius 2 is 2.12 bits per heavy atom. The first kappa shape index (κ1) is 13.6. The van der Waals surface area contributed by atoms with Crippen molar-refractivity contribution >= 4 is 11.8 Å². The second kappa shape index (κ2) is 7.71. The van der Waals surface area contributed by atoms with Crippen LogP contribution in [0.1, 0.15) is 18.1 Å². The lowest BCUT2D eigenvalue weighted by atomic mass is 10.1. The van der Waals surface area contributed by atoms with Crippen LogP contribution in [0.5, 0.6) is 0 Å². The van der Waals surface area contributed by atoms with Crippen LogP contribution in [0.15, 0.2) is 24.3 Å². The molecule has 1 N–H and O–H groups in total. The highest BCUT2D eigenvalue weighted by molar-refractivity contribution is 7.98. The Balaban J connectivity index is 2.23. The molecule has 1 atom stereocenters. The summed E-state index contributed by atoms with van der Waals surface area (Å²) in [4.78, 5) is 0. The standard InChI is InChI=1S/C13H20O2S/c1-3-15-8-13(14)10-16-9-12-7-5-4-6-11(12)2/h4-7,13-14H,3,8-10H2,1-2H3. The van der Waals surface area contributed by atoms with Crippen molar-refractivity contribution in [2.45, 2.75) is 25.7 Å². The van der Waals surface area contributed by atoms with Crippen LogP contribution in [-0.2, 0) is 10.5 Å². The van der Waals surface area contributed by atoms with Gasteiger partial charge in [-0.3, -0.25) is 0 Å². The lowest BCUT2D eigenvalue weighted by molar-refractivity contribution is 0.0551. The number of aliphatic hydroxyl groups excluding tert-OH is 1. The van der Waals surface area contributed by atoms with Crippen molar-refractivity contribution in [3.63, 3.8) is 0 Å². The van der Waals surface area contributed by atoms with E-state index in [1.807, 2.05) is 13.0 Å². The summed E-state index contributed by atoms with van der Waals surface area (Å²) in [5, 5.41) is 9.58. The number of hydrogen-bond donors (Lipinski definition) is 1. The van der Waals surface area contributed by atoms with Crippen molar-refractivity contribution in [1.82, 2.24) is 0 Å². The number of ether oxygens (including phenoxy) is 1. The maximum Gasteiger partial charge on any atom is 0.0863 e. The lowest BCUT2D eigenvalue weighted by Crippen LogP contribution is -2.17. The third-order valence-electron chi connectivity index (χ3n) is 2.34. The molecule has 90 valence electrons. The van der Waals surface area contributed by atoms with Crippen molar-refractivity contribution in [2.24, 2.45) is 0 Å². The van der Waals surface area contributed by atoms with Crippen LogP contribution in [0.2, 0.25) is 0 Å². The summed E-state index contributed by atoms with van der Waals surface area (Å²) >= 11 is 1.75. The summed E-state index contributed by atoms with van der Waals surface area (Å²) in [6, 6.07) is 8.36. The smallest absolute Gasteiger partial charge is 0.0863 e. The van der Waals surface area contributed by atoms with E-state index in [-0.39, 0.29) is 6.10 Å². The molecular formula is C13H20O2S. The van der Waals surface area contributed by atoms with Gasteiger partial charge in [-0.25, -0.2) is 0 Å². The van der Waals surface area contributed by atoms with E-state index in [1.165, 1.54) is 11.1 Å². The van der Waals surface area contributed by atoms with Gasteiger partial charge in [0.05, 0.1) is 12.7 Å². The molecule has 0 amide bonds. The van der Waals surface area contributed by atoms with E-state index >= 15 is 0 Å². The molecule has 1 rings (SSSR count). The van der Waals surface area contributed by atoms with Gasteiger partial charge in [-0.05, 0) is 25.0 Å². The molecule has 1 aromatic rings. The van der Waals surface area contributed by atoms with E-state index in [0.717, 1.165) is 11.5 Å². The first-order valence-electron chi connectivity index (χ1n) is 5.62. The molecule has 0 saturated heterocycles. The van der Waals surface area contributed by atoms with Crippen molar-refractivity contribution in [2.75, 3.05) is 19.0 Å². The molecule has 2 nitrogen and oxygen atoms in total. The number of hydrogen-bond acceptors (Lipinski definition) is 3. The molecule has 3 heteroatoms. The Hall–Kier alpha value is -0.510. The van der Waals surface area contributed by atoms with Gasteiger partial charge in [0, 0.05) is 18.1 Å². The minimum absolute atomic E-state index is 0.353. The highest BCUT2D eigenvalue weighted by atomic mass is 32.2. The van der Waals surface area contributed by atoms with Gasteiger partial charge in [-0.2, -0.15) is 11.8 Å². The minimum atomic E-state index is -0.353. The molecule has 1 unspecified atom stereocenters. The van der Waals surface area contributed by atoms with E-state index in [0.29, 0.717) is 13.2 Å². The summed E-state index contributed by atoms with van der Waals surface area (Å²) < 4.78 is 5.16. The third-order valence-corrected chi connectivity index (χ3v) is 3.48. The second-order valence-electron chi connectivity index (χ2n) is 3.75. The van der Waals surface area contributed by atoms with Gasteiger partial charge in [0.1, 0.15) is 0 Å². The van der Waals surface area contributed by atoms with Gasteiger partial charge in [-0.15, -0.1) is 0 Å². The fourth-order valence-electron chi connectivity index (χ4n) is 1.38. The number of aliphatic hydroxyl groups is 1. The third kappa shape index (κ3) is 5.01. The van der Waals surface area contributed by atoms with E-state index < -0.39 is 0 Å². The number of benzene rings is 1. The maximum atomic E-state index is 9.58. The highest BCUT2D eigenvalue weighted by Crippen LogP contribution is 2.16. The largest absolute Gasteiger partial charge is 0.390 e. The zero-order valence-electron chi connectivity index (χ0n) is 9.98.